The van der Waals surface area contributed by atoms with Gasteiger partial charge >= 0.3 is 0 Å². The molecule has 1 heterocycles. The van der Waals surface area contributed by atoms with Crippen LogP contribution in [0.25, 0.3) is 31.3 Å². The fourth-order valence-corrected chi connectivity index (χ4v) is 5.03. The summed E-state index contributed by atoms with van der Waals surface area (Å²) < 4.78 is 4.00. The van der Waals surface area contributed by atoms with Gasteiger partial charge in [0.25, 0.3) is 0 Å². The molecule has 1 aromatic heterocycles. The zero-order valence-electron chi connectivity index (χ0n) is 11.2. The summed E-state index contributed by atoms with van der Waals surface area (Å²) in [5.74, 6) is 0. The van der Waals surface area contributed by atoms with Crippen LogP contribution in [0.1, 0.15) is 11.1 Å². The number of hydrogen-bond donors (Lipinski definition) is 0. The summed E-state index contributed by atoms with van der Waals surface area (Å²) in [5, 5.41) is 2.79. The first-order valence-corrected chi connectivity index (χ1v) is 8.64. The van der Waals surface area contributed by atoms with Crippen molar-refractivity contribution < 1.29 is 0 Å². The van der Waals surface area contributed by atoms with E-state index in [1.807, 2.05) is 11.3 Å². The van der Waals surface area contributed by atoms with E-state index >= 15 is 0 Å². The Kier molecular flexibility index (Phi) is 2.38. The Bertz CT molecular complexity index is 1030. The van der Waals surface area contributed by atoms with Crippen LogP contribution in [0.4, 0.5) is 0 Å². The Hall–Kier alpha value is -1.64. The van der Waals surface area contributed by atoms with E-state index in [1.165, 1.54) is 42.4 Å². The molecule has 1 aliphatic carbocycles. The number of hydrogen-bond acceptors (Lipinski definition) is 1. The number of rotatable bonds is 0. The number of fused-ring (bicyclic) bond motifs is 7. The number of thiophene rings is 1. The molecule has 0 spiro atoms. The second-order valence-corrected chi connectivity index (χ2v) is 7.51. The maximum atomic E-state index is 3.60. The first-order chi connectivity index (χ1) is 10.3. The van der Waals surface area contributed by atoms with Crippen LogP contribution >= 0.6 is 27.3 Å². The quantitative estimate of drug-likeness (QED) is 0.303. The van der Waals surface area contributed by atoms with Crippen molar-refractivity contribution in [2.24, 2.45) is 0 Å². The van der Waals surface area contributed by atoms with E-state index in [2.05, 4.69) is 70.5 Å². The first kappa shape index (κ1) is 12.0. The van der Waals surface area contributed by atoms with Gasteiger partial charge in [0.1, 0.15) is 0 Å². The number of benzene rings is 3. The normalized spacial score (nSPS) is 12.8. The SMILES string of the molecule is Brc1ccc2c(c1)-c1ccc3c(sc4ccccc43)c1C2. The molecule has 0 nitrogen and oxygen atoms in total. The van der Waals surface area contributed by atoms with Crippen molar-refractivity contribution >= 4 is 47.4 Å². The Balaban J connectivity index is 1.90. The largest absolute Gasteiger partial charge is 0.135 e. The third-order valence-corrected chi connectivity index (χ3v) is 6.12. The summed E-state index contributed by atoms with van der Waals surface area (Å²) >= 11 is 5.53. The predicted octanol–water partition coefficient (Wildman–Crippen LogP) is 6.39. The van der Waals surface area contributed by atoms with Crippen molar-refractivity contribution in [3.8, 4) is 11.1 Å². The molecule has 2 heteroatoms. The van der Waals surface area contributed by atoms with E-state index in [-0.39, 0.29) is 0 Å². The van der Waals surface area contributed by atoms with Gasteiger partial charge in [0.2, 0.25) is 0 Å². The zero-order valence-corrected chi connectivity index (χ0v) is 13.6. The van der Waals surface area contributed by atoms with Crippen molar-refractivity contribution in [2.75, 3.05) is 0 Å². The van der Waals surface area contributed by atoms with Crippen molar-refractivity contribution in [1.82, 2.24) is 0 Å². The lowest BCUT2D eigenvalue weighted by molar-refractivity contribution is 1.29. The molecule has 0 unspecified atom stereocenters. The van der Waals surface area contributed by atoms with E-state index in [9.17, 15) is 0 Å². The summed E-state index contributed by atoms with van der Waals surface area (Å²) in [4.78, 5) is 0. The fourth-order valence-electron chi connectivity index (χ4n) is 3.42. The van der Waals surface area contributed by atoms with Crippen LogP contribution in [-0.4, -0.2) is 0 Å². The standard InChI is InChI=1S/C19H11BrS/c20-12-6-5-11-9-17-13(16(11)10-12)7-8-15-14-3-1-2-4-18(14)21-19(15)17/h1-8,10H,9H2. The van der Waals surface area contributed by atoms with Crippen LogP contribution in [-0.2, 0) is 6.42 Å². The third kappa shape index (κ3) is 1.60. The molecule has 0 bridgehead atoms. The van der Waals surface area contributed by atoms with Gasteiger partial charge in [-0.25, -0.2) is 0 Å². The summed E-state index contributed by atoms with van der Waals surface area (Å²) in [6, 6.07) is 20.0. The first-order valence-electron chi connectivity index (χ1n) is 7.03. The van der Waals surface area contributed by atoms with Gasteiger partial charge in [-0.05, 0) is 40.5 Å². The van der Waals surface area contributed by atoms with E-state index in [0.29, 0.717) is 0 Å². The van der Waals surface area contributed by atoms with Crippen molar-refractivity contribution in [3.63, 3.8) is 0 Å². The van der Waals surface area contributed by atoms with Crippen LogP contribution in [0.3, 0.4) is 0 Å². The van der Waals surface area contributed by atoms with Gasteiger partial charge in [-0.15, -0.1) is 11.3 Å². The second kappa shape index (κ2) is 4.19. The topological polar surface area (TPSA) is 0 Å². The summed E-state index contributed by atoms with van der Waals surface area (Å²) in [6.45, 7) is 0. The van der Waals surface area contributed by atoms with Crippen LogP contribution in [0.15, 0.2) is 59.1 Å². The highest BCUT2D eigenvalue weighted by atomic mass is 79.9. The maximum Gasteiger partial charge on any atom is 0.0396 e. The van der Waals surface area contributed by atoms with Gasteiger partial charge in [-0.3, -0.25) is 0 Å². The molecule has 0 amide bonds. The average molecular weight is 351 g/mol. The summed E-state index contributed by atoms with van der Waals surface area (Å²) in [6.07, 6.45) is 1.06. The average Bonchev–Trinajstić information content (AvgIpc) is 3.05. The minimum Gasteiger partial charge on any atom is -0.135 e. The molecule has 3 aromatic carbocycles. The Labute approximate surface area is 135 Å². The molecule has 21 heavy (non-hydrogen) atoms. The Morgan fingerprint density at radius 1 is 0.857 bits per heavy atom. The lowest BCUT2D eigenvalue weighted by atomic mass is 10.0. The molecule has 4 aromatic rings. The van der Waals surface area contributed by atoms with Gasteiger partial charge in [-0.2, -0.15) is 0 Å². The summed E-state index contributed by atoms with van der Waals surface area (Å²) in [5.41, 5.74) is 5.74. The molecule has 0 radical (unpaired) electrons. The fraction of sp³-hybridized carbons (Fsp3) is 0.0526. The summed E-state index contributed by atoms with van der Waals surface area (Å²) in [7, 11) is 0. The highest BCUT2D eigenvalue weighted by molar-refractivity contribution is 9.10. The zero-order chi connectivity index (χ0) is 14.0. The van der Waals surface area contributed by atoms with Gasteiger partial charge in [0, 0.05) is 31.1 Å². The minimum atomic E-state index is 1.06. The van der Waals surface area contributed by atoms with Crippen LogP contribution in [0, 0.1) is 0 Å². The highest BCUT2D eigenvalue weighted by Crippen LogP contribution is 2.45. The molecule has 100 valence electrons. The molecule has 1 aliphatic rings. The predicted molar refractivity (Wildman–Crippen MR) is 95.3 cm³/mol. The van der Waals surface area contributed by atoms with E-state index in [0.717, 1.165) is 10.9 Å². The second-order valence-electron chi connectivity index (χ2n) is 5.54. The maximum absolute atomic E-state index is 3.60. The molecule has 0 saturated carbocycles. The third-order valence-electron chi connectivity index (χ3n) is 4.38. The van der Waals surface area contributed by atoms with Gasteiger partial charge in [0.15, 0.2) is 0 Å². The van der Waals surface area contributed by atoms with Crippen molar-refractivity contribution in [1.29, 1.82) is 0 Å². The highest BCUT2D eigenvalue weighted by Gasteiger charge is 2.22. The molecule has 0 atom stereocenters. The Morgan fingerprint density at radius 2 is 1.76 bits per heavy atom. The van der Waals surface area contributed by atoms with Crippen molar-refractivity contribution in [3.05, 3.63) is 70.2 Å². The van der Waals surface area contributed by atoms with Crippen LogP contribution < -0.4 is 0 Å². The van der Waals surface area contributed by atoms with Gasteiger partial charge < -0.3 is 0 Å². The van der Waals surface area contributed by atoms with Crippen LogP contribution in [0.5, 0.6) is 0 Å². The van der Waals surface area contributed by atoms with E-state index < -0.39 is 0 Å². The number of halogens is 1. The molecular formula is C19H11BrS. The molecular weight excluding hydrogens is 340 g/mol. The smallest absolute Gasteiger partial charge is 0.0396 e. The van der Waals surface area contributed by atoms with E-state index in [1.54, 1.807) is 0 Å². The van der Waals surface area contributed by atoms with Crippen molar-refractivity contribution in [2.45, 2.75) is 6.42 Å². The molecule has 0 saturated heterocycles. The molecule has 5 rings (SSSR count). The van der Waals surface area contributed by atoms with Gasteiger partial charge in [0.05, 0.1) is 0 Å². The lowest BCUT2D eigenvalue weighted by Gasteiger charge is -2.02. The monoisotopic (exact) mass is 350 g/mol. The molecule has 0 N–H and O–H groups in total. The van der Waals surface area contributed by atoms with E-state index in [4.69, 9.17) is 0 Å². The molecule has 0 aliphatic heterocycles. The Morgan fingerprint density at radius 3 is 2.71 bits per heavy atom. The molecule has 0 fully saturated rings. The van der Waals surface area contributed by atoms with Crippen LogP contribution in [0.2, 0.25) is 0 Å². The lowest BCUT2D eigenvalue weighted by Crippen LogP contribution is -1.80. The van der Waals surface area contributed by atoms with Gasteiger partial charge in [-0.1, -0.05) is 52.3 Å². The minimum absolute atomic E-state index is 1.06.